The van der Waals surface area contributed by atoms with E-state index in [0.29, 0.717) is 6.17 Å². The number of pyridine rings is 1. The number of furan rings is 1. The molecule has 4 heteroatoms. The van der Waals surface area contributed by atoms with Crippen molar-refractivity contribution in [3.63, 3.8) is 0 Å². The average molecular weight is 309 g/mol. The summed E-state index contributed by atoms with van der Waals surface area (Å²) in [6.45, 7) is 6.67. The maximum absolute atomic E-state index is 6.17. The first-order valence-electron chi connectivity index (χ1n) is 8.40. The molecule has 1 fully saturated rings. The number of nitrogens with zero attached hydrogens (tertiary/aromatic N) is 3. The monoisotopic (exact) mass is 309 g/mol. The molecule has 120 valence electrons. The second-order valence-electron chi connectivity index (χ2n) is 6.58. The molecule has 1 saturated heterocycles. The van der Waals surface area contributed by atoms with E-state index < -0.39 is 0 Å². The standard InChI is InChI=1S/C19H23N3O/c1-13-8-9-15-16-7-6-10-20-19(16)23-18(15)17(13)22-12-5-4-11-21(3)14(22)2/h6-10,14H,4-5,11-12H2,1-3H3/t14-/m0/s1. The average Bonchev–Trinajstić information content (AvgIpc) is 2.85. The van der Waals surface area contributed by atoms with Gasteiger partial charge in [-0.05, 0) is 58.0 Å². The number of anilines is 1. The van der Waals surface area contributed by atoms with Crippen LogP contribution in [0, 0.1) is 6.92 Å². The minimum absolute atomic E-state index is 0.364. The molecule has 4 nitrogen and oxygen atoms in total. The van der Waals surface area contributed by atoms with E-state index in [-0.39, 0.29) is 0 Å². The van der Waals surface area contributed by atoms with E-state index in [9.17, 15) is 0 Å². The molecule has 0 spiro atoms. The van der Waals surface area contributed by atoms with Gasteiger partial charge in [0, 0.05) is 23.5 Å². The van der Waals surface area contributed by atoms with Crippen LogP contribution in [0.15, 0.2) is 34.9 Å². The van der Waals surface area contributed by atoms with E-state index >= 15 is 0 Å². The first-order valence-corrected chi connectivity index (χ1v) is 8.40. The van der Waals surface area contributed by atoms with Crippen LogP contribution in [0.2, 0.25) is 0 Å². The van der Waals surface area contributed by atoms with Gasteiger partial charge >= 0.3 is 0 Å². The summed E-state index contributed by atoms with van der Waals surface area (Å²) in [5.41, 5.74) is 4.19. The van der Waals surface area contributed by atoms with Crippen molar-refractivity contribution < 1.29 is 4.42 Å². The zero-order valence-corrected chi connectivity index (χ0v) is 14.0. The molecule has 1 aromatic carbocycles. The van der Waals surface area contributed by atoms with Crippen molar-refractivity contribution >= 4 is 27.8 Å². The lowest BCUT2D eigenvalue weighted by Crippen LogP contribution is -2.43. The lowest BCUT2D eigenvalue weighted by Gasteiger charge is -2.35. The van der Waals surface area contributed by atoms with Gasteiger partial charge < -0.3 is 9.32 Å². The lowest BCUT2D eigenvalue weighted by molar-refractivity contribution is 0.267. The second-order valence-corrected chi connectivity index (χ2v) is 6.58. The third-order valence-electron chi connectivity index (χ3n) is 5.13. The maximum Gasteiger partial charge on any atom is 0.227 e. The zero-order valence-electron chi connectivity index (χ0n) is 14.0. The minimum Gasteiger partial charge on any atom is -0.436 e. The fourth-order valence-electron chi connectivity index (χ4n) is 3.67. The molecule has 0 amide bonds. The van der Waals surface area contributed by atoms with Crippen molar-refractivity contribution in [1.82, 2.24) is 9.88 Å². The zero-order chi connectivity index (χ0) is 16.0. The molecular formula is C19H23N3O. The Bertz CT molecular complexity index is 854. The van der Waals surface area contributed by atoms with Crippen LogP contribution in [0.4, 0.5) is 5.69 Å². The number of aryl methyl sites for hydroxylation is 1. The van der Waals surface area contributed by atoms with E-state index in [4.69, 9.17) is 4.42 Å². The molecule has 1 aliphatic rings. The van der Waals surface area contributed by atoms with Gasteiger partial charge in [-0.25, -0.2) is 4.98 Å². The summed E-state index contributed by atoms with van der Waals surface area (Å²) in [6, 6.07) is 8.43. The quantitative estimate of drug-likeness (QED) is 0.675. The Morgan fingerprint density at radius 1 is 1.13 bits per heavy atom. The highest BCUT2D eigenvalue weighted by Gasteiger charge is 2.26. The Hall–Kier alpha value is -2.07. The number of benzene rings is 1. The van der Waals surface area contributed by atoms with Crippen LogP contribution in [0.1, 0.15) is 25.3 Å². The number of hydrogen-bond acceptors (Lipinski definition) is 4. The molecule has 3 aromatic rings. The highest BCUT2D eigenvalue weighted by atomic mass is 16.3. The number of hydrogen-bond donors (Lipinski definition) is 0. The molecule has 1 aliphatic heterocycles. The third-order valence-corrected chi connectivity index (χ3v) is 5.13. The largest absolute Gasteiger partial charge is 0.436 e. The molecule has 4 rings (SSSR count). The van der Waals surface area contributed by atoms with Crippen molar-refractivity contribution in [1.29, 1.82) is 0 Å². The van der Waals surface area contributed by atoms with Gasteiger partial charge in [-0.15, -0.1) is 0 Å². The summed E-state index contributed by atoms with van der Waals surface area (Å²) >= 11 is 0. The van der Waals surface area contributed by atoms with Gasteiger partial charge in [0.1, 0.15) is 0 Å². The van der Waals surface area contributed by atoms with Gasteiger partial charge in [0.15, 0.2) is 5.58 Å². The van der Waals surface area contributed by atoms with Crippen LogP contribution in [0.5, 0.6) is 0 Å². The SMILES string of the molecule is Cc1ccc2c(oc3ncccc32)c1N1CCCCN(C)[C@@H]1C. The van der Waals surface area contributed by atoms with Crippen molar-refractivity contribution in [2.45, 2.75) is 32.9 Å². The topological polar surface area (TPSA) is 32.5 Å². The molecular weight excluding hydrogens is 286 g/mol. The van der Waals surface area contributed by atoms with Gasteiger partial charge in [-0.1, -0.05) is 12.1 Å². The fourth-order valence-corrected chi connectivity index (χ4v) is 3.67. The fraction of sp³-hybridized carbons (Fsp3) is 0.421. The normalized spacial score (nSPS) is 20.3. The third kappa shape index (κ3) is 2.29. The Labute approximate surface area is 136 Å². The van der Waals surface area contributed by atoms with Crippen LogP contribution < -0.4 is 4.90 Å². The summed E-state index contributed by atoms with van der Waals surface area (Å²) in [5, 5.41) is 2.26. The predicted molar refractivity (Wildman–Crippen MR) is 94.9 cm³/mol. The van der Waals surface area contributed by atoms with E-state index in [2.05, 4.69) is 53.9 Å². The molecule has 1 atom stereocenters. The van der Waals surface area contributed by atoms with Crippen LogP contribution in [-0.2, 0) is 0 Å². The predicted octanol–water partition coefficient (Wildman–Crippen LogP) is 4.17. The molecule has 3 heterocycles. The lowest BCUT2D eigenvalue weighted by atomic mass is 10.1. The van der Waals surface area contributed by atoms with Crippen molar-refractivity contribution in [2.75, 3.05) is 25.0 Å². The highest BCUT2D eigenvalue weighted by molar-refractivity contribution is 6.08. The molecule has 0 bridgehead atoms. The Kier molecular flexibility index (Phi) is 3.49. The van der Waals surface area contributed by atoms with Gasteiger partial charge in [-0.3, -0.25) is 4.90 Å². The Morgan fingerprint density at radius 3 is 2.83 bits per heavy atom. The number of aromatic nitrogens is 1. The number of fused-ring (bicyclic) bond motifs is 3. The van der Waals surface area contributed by atoms with E-state index in [1.165, 1.54) is 24.1 Å². The smallest absolute Gasteiger partial charge is 0.227 e. The van der Waals surface area contributed by atoms with Gasteiger partial charge in [0.25, 0.3) is 0 Å². The molecule has 0 N–H and O–H groups in total. The van der Waals surface area contributed by atoms with Gasteiger partial charge in [-0.2, -0.15) is 0 Å². The van der Waals surface area contributed by atoms with E-state index in [0.717, 1.165) is 35.2 Å². The van der Waals surface area contributed by atoms with Crippen LogP contribution in [0.25, 0.3) is 22.1 Å². The second kappa shape index (κ2) is 5.53. The highest BCUT2D eigenvalue weighted by Crippen LogP contribution is 2.38. The van der Waals surface area contributed by atoms with E-state index in [1.807, 2.05) is 6.07 Å². The van der Waals surface area contributed by atoms with E-state index in [1.54, 1.807) is 6.20 Å². The van der Waals surface area contributed by atoms with Crippen LogP contribution in [0.3, 0.4) is 0 Å². The Balaban J connectivity index is 1.96. The Morgan fingerprint density at radius 2 is 1.96 bits per heavy atom. The summed E-state index contributed by atoms with van der Waals surface area (Å²) in [4.78, 5) is 9.31. The summed E-state index contributed by atoms with van der Waals surface area (Å²) in [6.07, 6.45) is 4.61. The summed E-state index contributed by atoms with van der Waals surface area (Å²) in [5.74, 6) is 0. The molecule has 2 aromatic heterocycles. The minimum atomic E-state index is 0.364. The van der Waals surface area contributed by atoms with Gasteiger partial charge in [0.05, 0.1) is 11.9 Å². The summed E-state index contributed by atoms with van der Waals surface area (Å²) < 4.78 is 6.17. The molecule has 23 heavy (non-hydrogen) atoms. The van der Waals surface area contributed by atoms with Crippen molar-refractivity contribution in [3.8, 4) is 0 Å². The molecule has 0 radical (unpaired) electrons. The first-order chi connectivity index (χ1) is 11.2. The molecule has 0 aliphatic carbocycles. The molecule has 0 saturated carbocycles. The molecule has 0 unspecified atom stereocenters. The van der Waals surface area contributed by atoms with Crippen molar-refractivity contribution in [2.24, 2.45) is 0 Å². The maximum atomic E-state index is 6.17. The van der Waals surface area contributed by atoms with Crippen LogP contribution in [-0.4, -0.2) is 36.2 Å². The number of rotatable bonds is 1. The van der Waals surface area contributed by atoms with Gasteiger partial charge in [0.2, 0.25) is 5.71 Å². The van der Waals surface area contributed by atoms with Crippen molar-refractivity contribution in [3.05, 3.63) is 36.0 Å². The first kappa shape index (κ1) is 14.5. The van der Waals surface area contributed by atoms with Crippen LogP contribution >= 0.6 is 0 Å². The summed E-state index contributed by atoms with van der Waals surface area (Å²) in [7, 11) is 2.21.